The SMILES string of the molecule is CC1CCCN(C(=O)OCCCCl)C1. The molecule has 1 aliphatic rings. The van der Waals surface area contributed by atoms with E-state index in [-0.39, 0.29) is 6.09 Å². The van der Waals surface area contributed by atoms with Gasteiger partial charge < -0.3 is 9.64 Å². The maximum Gasteiger partial charge on any atom is 0.409 e. The zero-order chi connectivity index (χ0) is 10.4. The molecule has 0 radical (unpaired) electrons. The lowest BCUT2D eigenvalue weighted by Gasteiger charge is -2.29. The van der Waals surface area contributed by atoms with Crippen molar-refractivity contribution in [2.75, 3.05) is 25.6 Å². The number of carbonyl (C=O) groups is 1. The van der Waals surface area contributed by atoms with Gasteiger partial charge in [-0.3, -0.25) is 0 Å². The molecule has 0 spiro atoms. The number of hydrogen-bond acceptors (Lipinski definition) is 2. The maximum absolute atomic E-state index is 11.5. The Hall–Kier alpha value is -0.440. The number of nitrogens with zero attached hydrogens (tertiary/aromatic N) is 1. The number of carbonyl (C=O) groups excluding carboxylic acids is 1. The van der Waals surface area contributed by atoms with Gasteiger partial charge in [-0.15, -0.1) is 11.6 Å². The fourth-order valence-electron chi connectivity index (χ4n) is 1.66. The Kier molecular flexibility index (Phi) is 5.09. The smallest absolute Gasteiger partial charge is 0.409 e. The number of amides is 1. The van der Waals surface area contributed by atoms with Crippen molar-refractivity contribution in [1.29, 1.82) is 0 Å². The van der Waals surface area contributed by atoms with Crippen LogP contribution in [0.4, 0.5) is 4.79 Å². The van der Waals surface area contributed by atoms with Crippen molar-refractivity contribution in [3.8, 4) is 0 Å². The highest BCUT2D eigenvalue weighted by Crippen LogP contribution is 2.15. The molecule has 1 aliphatic heterocycles. The van der Waals surface area contributed by atoms with Gasteiger partial charge in [0.25, 0.3) is 0 Å². The third kappa shape index (κ3) is 3.74. The summed E-state index contributed by atoms with van der Waals surface area (Å²) in [5, 5.41) is 0. The molecule has 1 amide bonds. The van der Waals surface area contributed by atoms with E-state index in [4.69, 9.17) is 16.3 Å². The highest BCUT2D eigenvalue weighted by Gasteiger charge is 2.21. The summed E-state index contributed by atoms with van der Waals surface area (Å²) in [6.45, 7) is 4.27. The number of ether oxygens (including phenoxy) is 1. The maximum atomic E-state index is 11.5. The van der Waals surface area contributed by atoms with Gasteiger partial charge in [0.2, 0.25) is 0 Å². The summed E-state index contributed by atoms with van der Waals surface area (Å²) in [5.74, 6) is 1.15. The first-order valence-corrected chi connectivity index (χ1v) is 5.75. The van der Waals surface area contributed by atoms with Crippen LogP contribution in [0.5, 0.6) is 0 Å². The minimum absolute atomic E-state index is 0.179. The van der Waals surface area contributed by atoms with Crippen molar-refractivity contribution >= 4 is 17.7 Å². The number of hydrogen-bond donors (Lipinski definition) is 0. The third-order valence-electron chi connectivity index (χ3n) is 2.42. The van der Waals surface area contributed by atoms with Crippen molar-refractivity contribution in [2.45, 2.75) is 26.2 Å². The number of rotatable bonds is 3. The van der Waals surface area contributed by atoms with E-state index in [1.165, 1.54) is 6.42 Å². The van der Waals surface area contributed by atoms with Gasteiger partial charge in [-0.2, -0.15) is 0 Å². The molecule has 0 aliphatic carbocycles. The minimum Gasteiger partial charge on any atom is -0.449 e. The van der Waals surface area contributed by atoms with Crippen LogP contribution < -0.4 is 0 Å². The molecule has 1 heterocycles. The molecule has 14 heavy (non-hydrogen) atoms. The molecule has 0 saturated carbocycles. The fourth-order valence-corrected chi connectivity index (χ4v) is 1.77. The molecule has 1 rings (SSSR count). The summed E-state index contributed by atoms with van der Waals surface area (Å²) in [6, 6.07) is 0. The van der Waals surface area contributed by atoms with Gasteiger partial charge in [0.1, 0.15) is 0 Å². The van der Waals surface area contributed by atoms with Crippen LogP contribution in [0.1, 0.15) is 26.2 Å². The normalized spacial score (nSPS) is 22.1. The summed E-state index contributed by atoms with van der Waals surface area (Å²) in [4.78, 5) is 13.3. The molecule has 0 N–H and O–H groups in total. The molecule has 1 unspecified atom stereocenters. The van der Waals surface area contributed by atoms with E-state index in [9.17, 15) is 4.79 Å². The lowest BCUT2D eigenvalue weighted by Crippen LogP contribution is -2.39. The monoisotopic (exact) mass is 219 g/mol. The van der Waals surface area contributed by atoms with E-state index in [1.807, 2.05) is 0 Å². The van der Waals surface area contributed by atoms with Crippen LogP contribution in [0.3, 0.4) is 0 Å². The van der Waals surface area contributed by atoms with Gasteiger partial charge in [-0.05, 0) is 25.2 Å². The molecule has 0 bridgehead atoms. The topological polar surface area (TPSA) is 29.5 Å². The number of piperidine rings is 1. The Balaban J connectivity index is 2.22. The van der Waals surface area contributed by atoms with Crippen LogP contribution >= 0.6 is 11.6 Å². The highest BCUT2D eigenvalue weighted by atomic mass is 35.5. The Morgan fingerprint density at radius 1 is 1.64 bits per heavy atom. The van der Waals surface area contributed by atoms with Crippen LogP contribution in [-0.2, 0) is 4.74 Å². The van der Waals surface area contributed by atoms with E-state index >= 15 is 0 Å². The third-order valence-corrected chi connectivity index (χ3v) is 2.69. The lowest BCUT2D eigenvalue weighted by molar-refractivity contribution is 0.0866. The summed E-state index contributed by atoms with van der Waals surface area (Å²) < 4.78 is 5.07. The molecule has 1 atom stereocenters. The van der Waals surface area contributed by atoms with Gasteiger partial charge in [0.15, 0.2) is 0 Å². The van der Waals surface area contributed by atoms with Crippen molar-refractivity contribution in [3.63, 3.8) is 0 Å². The molecule has 0 aromatic rings. The zero-order valence-corrected chi connectivity index (χ0v) is 9.42. The first kappa shape index (κ1) is 11.6. The summed E-state index contributed by atoms with van der Waals surface area (Å²) in [6.07, 6.45) is 2.86. The predicted octanol–water partition coefficient (Wildman–Crippen LogP) is 2.48. The zero-order valence-electron chi connectivity index (χ0n) is 8.67. The molecular weight excluding hydrogens is 202 g/mol. The van der Waals surface area contributed by atoms with Crippen molar-refractivity contribution in [2.24, 2.45) is 5.92 Å². The summed E-state index contributed by atoms with van der Waals surface area (Å²) in [7, 11) is 0. The quantitative estimate of drug-likeness (QED) is 0.539. The van der Waals surface area contributed by atoms with Gasteiger partial charge in [0.05, 0.1) is 6.61 Å². The molecule has 1 saturated heterocycles. The van der Waals surface area contributed by atoms with E-state index in [2.05, 4.69) is 6.92 Å². The molecule has 0 aromatic heterocycles. The average molecular weight is 220 g/mol. The first-order valence-electron chi connectivity index (χ1n) is 5.21. The van der Waals surface area contributed by atoms with Crippen molar-refractivity contribution in [1.82, 2.24) is 4.90 Å². The van der Waals surface area contributed by atoms with Gasteiger partial charge >= 0.3 is 6.09 Å². The van der Waals surface area contributed by atoms with Crippen LogP contribution in [0.15, 0.2) is 0 Å². The molecule has 1 fully saturated rings. The average Bonchev–Trinajstić information content (AvgIpc) is 2.18. The molecule has 3 nitrogen and oxygen atoms in total. The van der Waals surface area contributed by atoms with Crippen LogP contribution in [0.2, 0.25) is 0 Å². The lowest BCUT2D eigenvalue weighted by atomic mass is 10.0. The van der Waals surface area contributed by atoms with Gasteiger partial charge in [-0.1, -0.05) is 6.92 Å². The molecule has 82 valence electrons. The highest BCUT2D eigenvalue weighted by molar-refractivity contribution is 6.17. The van der Waals surface area contributed by atoms with Crippen LogP contribution in [0.25, 0.3) is 0 Å². The van der Waals surface area contributed by atoms with Crippen molar-refractivity contribution in [3.05, 3.63) is 0 Å². The summed E-state index contributed by atoms with van der Waals surface area (Å²) >= 11 is 5.49. The standard InChI is InChI=1S/C10H18ClNO2/c1-9-4-2-6-12(8-9)10(13)14-7-3-5-11/h9H,2-8H2,1H3. The first-order chi connectivity index (χ1) is 6.74. The van der Waals surface area contributed by atoms with Crippen LogP contribution in [-0.4, -0.2) is 36.6 Å². The van der Waals surface area contributed by atoms with Crippen LogP contribution in [0, 0.1) is 5.92 Å². The minimum atomic E-state index is -0.179. The van der Waals surface area contributed by atoms with Crippen molar-refractivity contribution < 1.29 is 9.53 Å². The van der Waals surface area contributed by atoms with E-state index in [0.717, 1.165) is 25.9 Å². The number of likely N-dealkylation sites (tertiary alicyclic amines) is 1. The largest absolute Gasteiger partial charge is 0.449 e. The second kappa shape index (κ2) is 6.12. The van der Waals surface area contributed by atoms with Gasteiger partial charge in [-0.25, -0.2) is 4.79 Å². The second-order valence-corrected chi connectivity index (χ2v) is 4.23. The van der Waals surface area contributed by atoms with E-state index in [0.29, 0.717) is 18.4 Å². The second-order valence-electron chi connectivity index (χ2n) is 3.85. The van der Waals surface area contributed by atoms with E-state index in [1.54, 1.807) is 4.90 Å². The molecule has 0 aromatic carbocycles. The predicted molar refractivity (Wildman–Crippen MR) is 56.7 cm³/mol. The molecule has 4 heteroatoms. The van der Waals surface area contributed by atoms with E-state index < -0.39 is 0 Å². The Morgan fingerprint density at radius 3 is 3.07 bits per heavy atom. The summed E-state index contributed by atoms with van der Waals surface area (Å²) in [5.41, 5.74) is 0. The fraction of sp³-hybridized carbons (Fsp3) is 0.900. The van der Waals surface area contributed by atoms with Gasteiger partial charge in [0, 0.05) is 19.0 Å². The Morgan fingerprint density at radius 2 is 2.43 bits per heavy atom. The number of alkyl halides is 1. The Bertz CT molecular complexity index is 187. The molecular formula is C10H18ClNO2. The number of halogens is 1. The Labute approximate surface area is 90.4 Å².